The van der Waals surface area contributed by atoms with Crippen LogP contribution in [0.3, 0.4) is 0 Å². The molecule has 0 spiro atoms. The first-order valence-electron chi connectivity index (χ1n) is 12.2. The van der Waals surface area contributed by atoms with E-state index in [1.807, 2.05) is 25.3 Å². The Morgan fingerprint density at radius 2 is 1.88 bits per heavy atom. The Bertz CT molecular complexity index is 1040. The van der Waals surface area contributed by atoms with Gasteiger partial charge in [0.05, 0.1) is 5.56 Å². The molecule has 0 atom stereocenters. The van der Waals surface area contributed by atoms with Crippen molar-refractivity contribution in [2.24, 2.45) is 5.92 Å². The van der Waals surface area contributed by atoms with Gasteiger partial charge in [0.15, 0.2) is 5.82 Å². The van der Waals surface area contributed by atoms with Crippen molar-refractivity contribution >= 4 is 17.7 Å². The molecule has 2 aliphatic rings. The number of ether oxygens (including phenoxy) is 1. The molecule has 9 heteroatoms. The molecule has 34 heavy (non-hydrogen) atoms. The molecular formula is C25H34FN5O3. The normalized spacial score (nSPS) is 17.1. The van der Waals surface area contributed by atoms with E-state index in [0.717, 1.165) is 50.9 Å². The number of benzene rings is 1. The van der Waals surface area contributed by atoms with Crippen LogP contribution in [0.25, 0.3) is 11.4 Å². The van der Waals surface area contributed by atoms with Crippen LogP contribution in [0.15, 0.2) is 18.2 Å². The van der Waals surface area contributed by atoms with Crippen molar-refractivity contribution in [3.8, 4) is 11.4 Å². The number of hydrogen-bond donors (Lipinski definition) is 1. The van der Waals surface area contributed by atoms with Gasteiger partial charge in [-0.25, -0.2) is 9.18 Å². The lowest BCUT2D eigenvalue weighted by atomic mass is 9.93. The number of hydrogen-bond acceptors (Lipinski definition) is 5. The molecule has 0 unspecified atom stereocenters. The third-order valence-electron chi connectivity index (χ3n) is 6.34. The fourth-order valence-electron chi connectivity index (χ4n) is 4.58. The van der Waals surface area contributed by atoms with Crippen molar-refractivity contribution in [3.63, 3.8) is 0 Å². The van der Waals surface area contributed by atoms with Crippen molar-refractivity contribution in [2.75, 3.05) is 18.4 Å². The van der Waals surface area contributed by atoms with Gasteiger partial charge >= 0.3 is 6.09 Å². The van der Waals surface area contributed by atoms with Crippen molar-refractivity contribution in [1.82, 2.24) is 19.7 Å². The summed E-state index contributed by atoms with van der Waals surface area (Å²) in [5.41, 5.74) is 0.370. The first kappa shape index (κ1) is 24.2. The Morgan fingerprint density at radius 1 is 1.12 bits per heavy atom. The van der Waals surface area contributed by atoms with Crippen LogP contribution in [0.4, 0.5) is 14.9 Å². The number of amides is 2. The Balaban J connectivity index is 1.35. The monoisotopic (exact) mass is 471 g/mol. The first-order valence-corrected chi connectivity index (χ1v) is 12.2. The number of aryl methyl sites for hydroxylation is 1. The molecule has 1 fully saturated rings. The molecule has 2 amide bonds. The zero-order valence-corrected chi connectivity index (χ0v) is 20.3. The Hall–Kier alpha value is -2.97. The largest absolute Gasteiger partial charge is 0.444 e. The number of anilines is 1. The van der Waals surface area contributed by atoms with Crippen LogP contribution in [0.5, 0.6) is 0 Å². The molecule has 0 bridgehead atoms. The summed E-state index contributed by atoms with van der Waals surface area (Å²) in [6.45, 7) is 7.47. The predicted octanol–water partition coefficient (Wildman–Crippen LogP) is 4.79. The predicted molar refractivity (Wildman–Crippen MR) is 127 cm³/mol. The number of likely N-dealkylation sites (tertiary alicyclic amines) is 1. The van der Waals surface area contributed by atoms with E-state index in [9.17, 15) is 14.0 Å². The maximum absolute atomic E-state index is 14.7. The van der Waals surface area contributed by atoms with E-state index >= 15 is 0 Å². The molecule has 0 saturated carbocycles. The molecule has 0 aliphatic carbocycles. The number of halogens is 1. The highest BCUT2D eigenvalue weighted by Gasteiger charge is 2.28. The first-order chi connectivity index (χ1) is 16.2. The Morgan fingerprint density at radius 3 is 2.62 bits per heavy atom. The van der Waals surface area contributed by atoms with Crippen LogP contribution in [0.1, 0.15) is 65.1 Å². The van der Waals surface area contributed by atoms with E-state index < -0.39 is 5.60 Å². The average molecular weight is 472 g/mol. The van der Waals surface area contributed by atoms with E-state index in [4.69, 9.17) is 4.74 Å². The smallest absolute Gasteiger partial charge is 0.410 e. The maximum atomic E-state index is 14.7. The quantitative estimate of drug-likeness (QED) is 0.693. The van der Waals surface area contributed by atoms with Crippen LogP contribution >= 0.6 is 0 Å². The second-order valence-corrected chi connectivity index (χ2v) is 10.3. The van der Waals surface area contributed by atoms with E-state index in [0.29, 0.717) is 36.6 Å². The van der Waals surface area contributed by atoms with Crippen LogP contribution in [0.2, 0.25) is 0 Å². The number of aromatic nitrogens is 3. The van der Waals surface area contributed by atoms with Gasteiger partial charge in [0.25, 0.3) is 0 Å². The highest BCUT2D eigenvalue weighted by Crippen LogP contribution is 2.28. The van der Waals surface area contributed by atoms with E-state index in [1.165, 1.54) is 6.07 Å². The number of fused-ring (bicyclic) bond motifs is 1. The summed E-state index contributed by atoms with van der Waals surface area (Å²) in [5.74, 6) is 1.09. The van der Waals surface area contributed by atoms with E-state index in [-0.39, 0.29) is 23.7 Å². The third-order valence-corrected chi connectivity index (χ3v) is 6.34. The van der Waals surface area contributed by atoms with E-state index in [1.54, 1.807) is 17.0 Å². The number of nitrogens with one attached hydrogen (secondary N) is 1. The van der Waals surface area contributed by atoms with Gasteiger partial charge in [0.2, 0.25) is 5.91 Å². The van der Waals surface area contributed by atoms with Crippen LogP contribution in [-0.4, -0.2) is 50.4 Å². The highest BCUT2D eigenvalue weighted by atomic mass is 19.1. The number of piperidine rings is 1. The minimum atomic E-state index is -0.521. The van der Waals surface area contributed by atoms with Gasteiger partial charge < -0.3 is 19.5 Å². The lowest BCUT2D eigenvalue weighted by Gasteiger charge is -2.33. The van der Waals surface area contributed by atoms with Gasteiger partial charge in [-0.05, 0) is 70.6 Å². The fraction of sp³-hybridized carbons (Fsp3) is 0.600. The molecule has 1 saturated heterocycles. The van der Waals surface area contributed by atoms with Gasteiger partial charge in [-0.3, -0.25) is 4.79 Å². The summed E-state index contributed by atoms with van der Waals surface area (Å²) in [5, 5.41) is 11.4. The minimum absolute atomic E-state index is 0.117. The van der Waals surface area contributed by atoms with Crippen molar-refractivity contribution in [3.05, 3.63) is 29.8 Å². The summed E-state index contributed by atoms with van der Waals surface area (Å²) in [7, 11) is 0. The van der Waals surface area contributed by atoms with Gasteiger partial charge in [-0.2, -0.15) is 0 Å². The zero-order valence-electron chi connectivity index (χ0n) is 20.3. The number of carbonyl (C=O) groups is 2. The van der Waals surface area contributed by atoms with Crippen LogP contribution in [0, 0.1) is 11.7 Å². The number of rotatable bonds is 4. The standard InChI is InChI=1S/C25H34FN5O3/c1-25(2,3)34-24(33)30-13-10-17(11-14-30)15-22(32)27-18-8-9-20(26)19(16-18)23-29-28-21-7-5-4-6-12-31(21)23/h8-9,16-17H,4-7,10-15H2,1-3H3,(H,27,32). The van der Waals surface area contributed by atoms with Crippen molar-refractivity contribution in [2.45, 2.75) is 77.9 Å². The minimum Gasteiger partial charge on any atom is -0.444 e. The second-order valence-electron chi connectivity index (χ2n) is 10.3. The number of nitrogens with zero attached hydrogens (tertiary/aromatic N) is 4. The summed E-state index contributed by atoms with van der Waals surface area (Å²) in [6.07, 6.45) is 5.59. The van der Waals surface area contributed by atoms with Crippen molar-refractivity contribution < 1.29 is 18.7 Å². The summed E-state index contributed by atoms with van der Waals surface area (Å²) < 4.78 is 22.1. The van der Waals surface area contributed by atoms with Crippen LogP contribution in [-0.2, 0) is 22.5 Å². The van der Waals surface area contributed by atoms with Crippen molar-refractivity contribution in [1.29, 1.82) is 0 Å². The molecule has 0 radical (unpaired) electrons. The lowest BCUT2D eigenvalue weighted by molar-refractivity contribution is -0.117. The third kappa shape index (κ3) is 5.93. The summed E-state index contributed by atoms with van der Waals surface area (Å²) >= 11 is 0. The Labute approximate surface area is 199 Å². The highest BCUT2D eigenvalue weighted by molar-refractivity contribution is 5.91. The number of carbonyl (C=O) groups excluding carboxylic acids is 2. The molecule has 4 rings (SSSR count). The zero-order chi connectivity index (χ0) is 24.3. The molecule has 184 valence electrons. The van der Waals surface area contributed by atoms with Gasteiger partial charge in [0, 0.05) is 38.2 Å². The molecule has 1 aromatic carbocycles. The summed E-state index contributed by atoms with van der Waals surface area (Å²) in [4.78, 5) is 26.6. The average Bonchev–Trinajstić information content (AvgIpc) is 3.02. The molecule has 2 aliphatic heterocycles. The maximum Gasteiger partial charge on any atom is 0.410 e. The van der Waals surface area contributed by atoms with E-state index in [2.05, 4.69) is 15.5 Å². The molecule has 8 nitrogen and oxygen atoms in total. The van der Waals surface area contributed by atoms with Gasteiger partial charge in [0.1, 0.15) is 17.2 Å². The van der Waals surface area contributed by atoms with Crippen LogP contribution < -0.4 is 5.32 Å². The topological polar surface area (TPSA) is 89.3 Å². The molecule has 1 aromatic heterocycles. The second kappa shape index (κ2) is 10.1. The SMILES string of the molecule is CC(C)(C)OC(=O)N1CCC(CC(=O)Nc2ccc(F)c(-c3nnc4n3CCCCC4)c2)CC1. The molecular weight excluding hydrogens is 437 g/mol. The fourth-order valence-corrected chi connectivity index (χ4v) is 4.58. The molecule has 1 N–H and O–H groups in total. The molecule has 3 heterocycles. The summed E-state index contributed by atoms with van der Waals surface area (Å²) in [6, 6.07) is 4.57. The lowest BCUT2D eigenvalue weighted by Crippen LogP contribution is -2.42. The Kier molecular flexibility index (Phi) is 7.19. The molecule has 2 aromatic rings. The van der Waals surface area contributed by atoms with Gasteiger partial charge in [-0.1, -0.05) is 6.42 Å². The van der Waals surface area contributed by atoms with Gasteiger partial charge in [-0.15, -0.1) is 10.2 Å².